The zero-order valence-electron chi connectivity index (χ0n) is 12.2. The monoisotopic (exact) mass is 316 g/mol. The maximum atomic E-state index is 12.2. The van der Waals surface area contributed by atoms with E-state index in [2.05, 4.69) is 5.32 Å². The molecule has 1 aromatic heterocycles. The van der Waals surface area contributed by atoms with E-state index in [0.29, 0.717) is 11.5 Å². The predicted molar refractivity (Wildman–Crippen MR) is 85.7 cm³/mol. The van der Waals surface area contributed by atoms with Gasteiger partial charge in [-0.1, -0.05) is 6.07 Å². The highest BCUT2D eigenvalue weighted by molar-refractivity contribution is 7.12. The Balaban J connectivity index is 1.61. The van der Waals surface area contributed by atoms with E-state index in [1.165, 1.54) is 11.3 Å². The van der Waals surface area contributed by atoms with Crippen molar-refractivity contribution in [3.8, 4) is 5.75 Å². The zero-order chi connectivity index (χ0) is 15.5. The third-order valence-corrected chi connectivity index (χ3v) is 4.45. The Kier molecular flexibility index (Phi) is 4.11. The molecular formula is C16H16N2O3S. The predicted octanol–water partition coefficient (Wildman–Crippen LogP) is 2.08. The molecule has 0 radical (unpaired) electrons. The lowest BCUT2D eigenvalue weighted by Crippen LogP contribution is -2.38. The molecule has 2 aromatic rings. The second kappa shape index (κ2) is 6.19. The van der Waals surface area contributed by atoms with Crippen LogP contribution in [0.1, 0.15) is 15.2 Å². The van der Waals surface area contributed by atoms with Gasteiger partial charge < -0.3 is 15.0 Å². The molecule has 114 valence electrons. The second-order valence-electron chi connectivity index (χ2n) is 5.00. The highest BCUT2D eigenvalue weighted by atomic mass is 32.1. The molecule has 0 saturated carbocycles. The van der Waals surface area contributed by atoms with Crippen LogP contribution >= 0.6 is 11.3 Å². The maximum Gasteiger partial charge on any atom is 0.261 e. The number of carbonyl (C=O) groups excluding carboxylic acids is 2. The average Bonchev–Trinajstić information content (AvgIpc) is 3.21. The SMILES string of the molecule is CN(C(=O)CNC(=O)c1cccs1)c1ccc2c(c1)CCO2. The first-order valence-corrected chi connectivity index (χ1v) is 7.87. The highest BCUT2D eigenvalue weighted by Crippen LogP contribution is 2.29. The van der Waals surface area contributed by atoms with Crippen molar-refractivity contribution in [2.75, 3.05) is 25.1 Å². The van der Waals surface area contributed by atoms with E-state index < -0.39 is 0 Å². The molecule has 1 aliphatic rings. The number of hydrogen-bond acceptors (Lipinski definition) is 4. The van der Waals surface area contributed by atoms with E-state index in [4.69, 9.17) is 4.74 Å². The summed E-state index contributed by atoms with van der Waals surface area (Å²) in [7, 11) is 1.71. The Morgan fingerprint density at radius 2 is 2.23 bits per heavy atom. The quantitative estimate of drug-likeness (QED) is 0.939. The highest BCUT2D eigenvalue weighted by Gasteiger charge is 2.17. The zero-order valence-corrected chi connectivity index (χ0v) is 13.0. The first-order chi connectivity index (χ1) is 10.6. The van der Waals surface area contributed by atoms with Crippen molar-refractivity contribution in [1.29, 1.82) is 0 Å². The Labute approximate surface area is 132 Å². The molecule has 0 fully saturated rings. The van der Waals surface area contributed by atoms with Crippen LogP contribution in [0.15, 0.2) is 35.7 Å². The Hall–Kier alpha value is -2.34. The lowest BCUT2D eigenvalue weighted by Gasteiger charge is -2.18. The van der Waals surface area contributed by atoms with Crippen molar-refractivity contribution >= 4 is 28.8 Å². The van der Waals surface area contributed by atoms with Crippen molar-refractivity contribution in [3.63, 3.8) is 0 Å². The molecule has 0 bridgehead atoms. The van der Waals surface area contributed by atoms with E-state index in [0.717, 1.165) is 23.4 Å². The number of nitrogens with zero attached hydrogens (tertiary/aromatic N) is 1. The molecule has 2 heterocycles. The van der Waals surface area contributed by atoms with Gasteiger partial charge in [0.2, 0.25) is 5.91 Å². The maximum absolute atomic E-state index is 12.2. The fraction of sp³-hybridized carbons (Fsp3) is 0.250. The van der Waals surface area contributed by atoms with Crippen molar-refractivity contribution in [2.45, 2.75) is 6.42 Å². The minimum absolute atomic E-state index is 0.0270. The first kappa shape index (κ1) is 14.6. The minimum atomic E-state index is -0.223. The average molecular weight is 316 g/mol. The van der Waals surface area contributed by atoms with Gasteiger partial charge in [0.25, 0.3) is 5.91 Å². The molecule has 0 aliphatic carbocycles. The van der Waals surface area contributed by atoms with E-state index in [9.17, 15) is 9.59 Å². The van der Waals surface area contributed by atoms with Gasteiger partial charge in [0.1, 0.15) is 5.75 Å². The minimum Gasteiger partial charge on any atom is -0.493 e. The number of rotatable bonds is 4. The molecule has 1 N–H and O–H groups in total. The molecule has 0 unspecified atom stereocenters. The van der Waals surface area contributed by atoms with E-state index in [-0.39, 0.29) is 18.4 Å². The van der Waals surface area contributed by atoms with Gasteiger partial charge in [-0.3, -0.25) is 9.59 Å². The lowest BCUT2D eigenvalue weighted by molar-refractivity contribution is -0.117. The summed E-state index contributed by atoms with van der Waals surface area (Å²) in [5, 5.41) is 4.47. The van der Waals surface area contributed by atoms with Crippen molar-refractivity contribution < 1.29 is 14.3 Å². The molecule has 1 aromatic carbocycles. The summed E-state index contributed by atoms with van der Waals surface area (Å²) >= 11 is 1.35. The van der Waals surface area contributed by atoms with Crippen LogP contribution in [0.25, 0.3) is 0 Å². The van der Waals surface area contributed by atoms with Gasteiger partial charge in [0.05, 0.1) is 18.0 Å². The van der Waals surface area contributed by atoms with Crippen LogP contribution in [-0.2, 0) is 11.2 Å². The number of benzene rings is 1. The molecule has 0 spiro atoms. The van der Waals surface area contributed by atoms with Crippen LogP contribution in [0, 0.1) is 0 Å². The molecular weight excluding hydrogens is 300 g/mol. The number of anilines is 1. The van der Waals surface area contributed by atoms with E-state index in [1.54, 1.807) is 24.1 Å². The van der Waals surface area contributed by atoms with Gasteiger partial charge in [0.15, 0.2) is 0 Å². The Morgan fingerprint density at radius 1 is 1.36 bits per heavy atom. The topological polar surface area (TPSA) is 58.6 Å². The Morgan fingerprint density at radius 3 is 3.00 bits per heavy atom. The van der Waals surface area contributed by atoms with Gasteiger partial charge in [-0.2, -0.15) is 0 Å². The summed E-state index contributed by atoms with van der Waals surface area (Å²) in [4.78, 5) is 26.2. The van der Waals surface area contributed by atoms with Crippen LogP contribution in [-0.4, -0.2) is 32.0 Å². The molecule has 6 heteroatoms. The van der Waals surface area contributed by atoms with Crippen LogP contribution in [0.5, 0.6) is 5.75 Å². The van der Waals surface area contributed by atoms with Gasteiger partial charge in [-0.05, 0) is 35.2 Å². The van der Waals surface area contributed by atoms with Gasteiger partial charge in [0, 0.05) is 19.2 Å². The summed E-state index contributed by atoms with van der Waals surface area (Å²) in [6.45, 7) is 0.661. The number of nitrogens with one attached hydrogen (secondary N) is 1. The molecule has 1 aliphatic heterocycles. The van der Waals surface area contributed by atoms with Crippen molar-refractivity contribution in [2.24, 2.45) is 0 Å². The molecule has 22 heavy (non-hydrogen) atoms. The smallest absolute Gasteiger partial charge is 0.261 e. The van der Waals surface area contributed by atoms with Crippen LogP contribution in [0.2, 0.25) is 0 Å². The molecule has 2 amide bonds. The lowest BCUT2D eigenvalue weighted by atomic mass is 10.1. The summed E-state index contributed by atoms with van der Waals surface area (Å²) in [5.74, 6) is 0.499. The number of carbonyl (C=O) groups is 2. The van der Waals surface area contributed by atoms with Gasteiger partial charge in [-0.15, -0.1) is 11.3 Å². The van der Waals surface area contributed by atoms with Gasteiger partial charge in [-0.25, -0.2) is 0 Å². The molecule has 0 atom stereocenters. The number of amides is 2. The fourth-order valence-corrected chi connectivity index (χ4v) is 2.94. The third-order valence-electron chi connectivity index (χ3n) is 3.58. The standard InChI is InChI=1S/C16H16N2O3S/c1-18(12-4-5-13-11(9-12)6-7-21-13)15(19)10-17-16(20)14-3-2-8-22-14/h2-5,8-9H,6-7,10H2,1H3,(H,17,20). The molecule has 0 saturated heterocycles. The van der Waals surface area contributed by atoms with Crippen LogP contribution in [0.4, 0.5) is 5.69 Å². The summed E-state index contributed by atoms with van der Waals surface area (Å²) in [5.41, 5.74) is 1.92. The van der Waals surface area contributed by atoms with Crippen molar-refractivity contribution in [1.82, 2.24) is 5.32 Å². The largest absolute Gasteiger partial charge is 0.493 e. The molecule has 3 rings (SSSR count). The number of likely N-dealkylation sites (N-methyl/N-ethyl adjacent to an activating group) is 1. The second-order valence-corrected chi connectivity index (χ2v) is 5.95. The fourth-order valence-electron chi connectivity index (χ4n) is 2.29. The summed E-state index contributed by atoms with van der Waals surface area (Å²) in [6.07, 6.45) is 0.861. The number of fused-ring (bicyclic) bond motifs is 1. The molecule has 5 nitrogen and oxygen atoms in total. The third kappa shape index (κ3) is 2.96. The number of hydrogen-bond donors (Lipinski definition) is 1. The summed E-state index contributed by atoms with van der Waals surface area (Å²) < 4.78 is 5.45. The Bertz CT molecular complexity index is 697. The number of ether oxygens (including phenoxy) is 1. The normalized spacial score (nSPS) is 12.4. The summed E-state index contributed by atoms with van der Waals surface area (Å²) in [6, 6.07) is 9.23. The van der Waals surface area contributed by atoms with Crippen LogP contribution in [0.3, 0.4) is 0 Å². The first-order valence-electron chi connectivity index (χ1n) is 6.99. The van der Waals surface area contributed by atoms with E-state index >= 15 is 0 Å². The van der Waals surface area contributed by atoms with Crippen LogP contribution < -0.4 is 15.0 Å². The van der Waals surface area contributed by atoms with Crippen molar-refractivity contribution in [3.05, 3.63) is 46.2 Å². The number of thiophene rings is 1. The van der Waals surface area contributed by atoms with Gasteiger partial charge >= 0.3 is 0 Å². The van der Waals surface area contributed by atoms with E-state index in [1.807, 2.05) is 23.6 Å².